The molecule has 0 amide bonds. The van der Waals surface area contributed by atoms with Gasteiger partial charge in [0, 0.05) is 27.6 Å². The van der Waals surface area contributed by atoms with Crippen molar-refractivity contribution in [3.05, 3.63) is 243 Å². The van der Waals surface area contributed by atoms with Crippen LogP contribution < -0.4 is 0 Å². The molecule has 0 aliphatic heterocycles. The summed E-state index contributed by atoms with van der Waals surface area (Å²) < 4.78 is 4.35. The van der Waals surface area contributed by atoms with E-state index in [0.29, 0.717) is 5.82 Å². The zero-order valence-electron chi connectivity index (χ0n) is 34.9. The highest BCUT2D eigenvalue weighted by molar-refractivity contribution is 6.10. The fourth-order valence-electron chi connectivity index (χ4n) is 9.29. The molecule has 10 aromatic carbocycles. The minimum atomic E-state index is 0.694. The van der Waals surface area contributed by atoms with Crippen LogP contribution in [0.3, 0.4) is 0 Å². The molecule has 2 aromatic heterocycles. The standard InChI is InChI=1S/C60H40N4/c1-3-16-44(17-4-1)59-61-60(45-18-5-2-6-19-45)64(62-59)50-36-31-43(32-37-50)52-22-10-12-24-54(52)53-23-11-9-21-51(53)42-29-34-49(35-30-42)63-57-26-14-13-25-55(57)56-40-48(33-38-58(56)63)47-28-27-41-15-7-8-20-46(41)39-47/h1-40H. The smallest absolute Gasteiger partial charge is 0.182 e. The molecule has 0 bridgehead atoms. The first-order valence-corrected chi connectivity index (χ1v) is 21.7. The molecule has 0 aliphatic rings. The number of fused-ring (bicyclic) bond motifs is 4. The van der Waals surface area contributed by atoms with Gasteiger partial charge in [-0.1, -0.05) is 194 Å². The normalized spacial score (nSPS) is 11.4. The third-order valence-electron chi connectivity index (χ3n) is 12.4. The van der Waals surface area contributed by atoms with E-state index >= 15 is 0 Å². The molecule has 12 rings (SSSR count). The maximum absolute atomic E-state index is 5.02. The maximum atomic E-state index is 5.02. The number of hydrogen-bond donors (Lipinski definition) is 0. The van der Waals surface area contributed by atoms with Crippen LogP contribution in [0.5, 0.6) is 0 Å². The van der Waals surface area contributed by atoms with Gasteiger partial charge in [-0.25, -0.2) is 9.67 Å². The maximum Gasteiger partial charge on any atom is 0.182 e. The highest BCUT2D eigenvalue weighted by Gasteiger charge is 2.18. The molecule has 0 aliphatic carbocycles. The predicted octanol–water partition coefficient (Wildman–Crippen LogP) is 15.5. The number of aromatic nitrogens is 4. The number of para-hydroxylation sites is 1. The van der Waals surface area contributed by atoms with Crippen molar-refractivity contribution >= 4 is 32.6 Å². The van der Waals surface area contributed by atoms with Gasteiger partial charge >= 0.3 is 0 Å². The monoisotopic (exact) mass is 816 g/mol. The molecule has 0 saturated carbocycles. The van der Waals surface area contributed by atoms with Crippen molar-refractivity contribution in [3.63, 3.8) is 0 Å². The van der Waals surface area contributed by atoms with Crippen molar-refractivity contribution in [2.24, 2.45) is 0 Å². The average Bonchev–Trinajstić information content (AvgIpc) is 3.97. The molecular weight excluding hydrogens is 777 g/mol. The highest BCUT2D eigenvalue weighted by Crippen LogP contribution is 2.40. The Morgan fingerprint density at radius 2 is 0.797 bits per heavy atom. The van der Waals surface area contributed by atoms with E-state index in [1.54, 1.807) is 0 Å². The Kier molecular flexibility index (Phi) is 9.12. The third-order valence-corrected chi connectivity index (χ3v) is 12.4. The Balaban J connectivity index is 0.887. The zero-order valence-corrected chi connectivity index (χ0v) is 34.9. The van der Waals surface area contributed by atoms with Crippen molar-refractivity contribution in [2.45, 2.75) is 0 Å². The van der Waals surface area contributed by atoms with E-state index in [4.69, 9.17) is 10.1 Å². The number of nitrogens with zero attached hydrogens (tertiary/aromatic N) is 4. The van der Waals surface area contributed by atoms with E-state index < -0.39 is 0 Å². The summed E-state index contributed by atoms with van der Waals surface area (Å²) in [7, 11) is 0. The SMILES string of the molecule is c1ccc(-c2nc(-c3ccccc3)n(-c3ccc(-c4ccccc4-c4ccccc4-c4ccc(-n5c6ccccc6c6cc(-c7ccc8ccccc8c7)ccc65)cc4)cc3)n2)cc1. The first kappa shape index (κ1) is 37.2. The largest absolute Gasteiger partial charge is 0.309 e. The van der Waals surface area contributed by atoms with Crippen LogP contribution in [0.1, 0.15) is 0 Å². The van der Waals surface area contributed by atoms with Gasteiger partial charge in [-0.05, 0) is 104 Å². The van der Waals surface area contributed by atoms with Crippen molar-refractivity contribution in [1.29, 1.82) is 0 Å². The van der Waals surface area contributed by atoms with Gasteiger partial charge in [-0.2, -0.15) is 0 Å². The minimum absolute atomic E-state index is 0.694. The molecule has 0 N–H and O–H groups in total. The van der Waals surface area contributed by atoms with Gasteiger partial charge in [0.2, 0.25) is 0 Å². The number of hydrogen-bond acceptors (Lipinski definition) is 2. The molecule has 0 saturated heterocycles. The molecule has 2 heterocycles. The molecule has 300 valence electrons. The van der Waals surface area contributed by atoms with Crippen LogP contribution in [0, 0.1) is 0 Å². The number of benzene rings is 10. The van der Waals surface area contributed by atoms with Crippen LogP contribution in [-0.4, -0.2) is 19.3 Å². The second kappa shape index (κ2) is 15.7. The van der Waals surface area contributed by atoms with E-state index in [1.165, 1.54) is 66.0 Å². The summed E-state index contributed by atoms with van der Waals surface area (Å²) in [6, 6.07) is 86.6. The molecule has 0 spiro atoms. The first-order chi connectivity index (χ1) is 31.7. The fourth-order valence-corrected chi connectivity index (χ4v) is 9.29. The average molecular weight is 817 g/mol. The van der Waals surface area contributed by atoms with E-state index in [1.807, 2.05) is 41.1 Å². The van der Waals surface area contributed by atoms with Crippen LogP contribution in [0.25, 0.3) is 111 Å². The van der Waals surface area contributed by atoms with Crippen molar-refractivity contribution in [2.75, 3.05) is 0 Å². The van der Waals surface area contributed by atoms with Crippen LogP contribution in [-0.2, 0) is 0 Å². The predicted molar refractivity (Wildman–Crippen MR) is 266 cm³/mol. The second-order valence-electron chi connectivity index (χ2n) is 16.2. The van der Waals surface area contributed by atoms with E-state index in [9.17, 15) is 0 Å². The van der Waals surface area contributed by atoms with Crippen LogP contribution in [0.15, 0.2) is 243 Å². The van der Waals surface area contributed by atoms with Crippen molar-refractivity contribution in [3.8, 4) is 78.7 Å². The number of rotatable bonds is 8. The summed E-state index contributed by atoms with van der Waals surface area (Å²) in [5.41, 5.74) is 15.9. The molecule has 0 fully saturated rings. The first-order valence-electron chi connectivity index (χ1n) is 21.7. The lowest BCUT2D eigenvalue weighted by Crippen LogP contribution is -1.99. The van der Waals surface area contributed by atoms with Crippen molar-refractivity contribution < 1.29 is 0 Å². The van der Waals surface area contributed by atoms with Crippen LogP contribution >= 0.6 is 0 Å². The molecule has 12 aromatic rings. The van der Waals surface area contributed by atoms with Gasteiger partial charge in [0.05, 0.1) is 16.7 Å². The Morgan fingerprint density at radius 3 is 1.48 bits per heavy atom. The van der Waals surface area contributed by atoms with E-state index in [-0.39, 0.29) is 0 Å². The molecule has 4 nitrogen and oxygen atoms in total. The Bertz CT molecular complexity index is 3640. The Hall–Kier alpha value is -8.60. The lowest BCUT2D eigenvalue weighted by atomic mass is 9.89. The lowest BCUT2D eigenvalue weighted by Gasteiger charge is -2.16. The summed E-state index contributed by atoms with van der Waals surface area (Å²) in [6.07, 6.45) is 0. The van der Waals surface area contributed by atoms with Gasteiger partial charge in [-0.3, -0.25) is 0 Å². The molecule has 64 heavy (non-hydrogen) atoms. The van der Waals surface area contributed by atoms with Gasteiger partial charge in [0.1, 0.15) is 0 Å². The summed E-state index contributed by atoms with van der Waals surface area (Å²) in [4.78, 5) is 5.02. The van der Waals surface area contributed by atoms with Gasteiger partial charge in [0.15, 0.2) is 11.6 Å². The van der Waals surface area contributed by atoms with Crippen LogP contribution in [0.2, 0.25) is 0 Å². The third kappa shape index (κ3) is 6.57. The van der Waals surface area contributed by atoms with Gasteiger partial charge in [0.25, 0.3) is 0 Å². The molecule has 4 heteroatoms. The fraction of sp³-hybridized carbons (Fsp3) is 0. The summed E-state index contributed by atoms with van der Waals surface area (Å²) in [6.45, 7) is 0. The van der Waals surface area contributed by atoms with Crippen molar-refractivity contribution in [1.82, 2.24) is 19.3 Å². The molecular formula is C60H40N4. The summed E-state index contributed by atoms with van der Waals surface area (Å²) in [5, 5.41) is 10.0. The zero-order chi connectivity index (χ0) is 42.4. The molecule has 0 atom stereocenters. The highest BCUT2D eigenvalue weighted by atomic mass is 15.4. The Morgan fingerprint density at radius 1 is 0.297 bits per heavy atom. The van der Waals surface area contributed by atoms with E-state index in [0.717, 1.165) is 39.5 Å². The summed E-state index contributed by atoms with van der Waals surface area (Å²) in [5.74, 6) is 1.50. The topological polar surface area (TPSA) is 35.6 Å². The molecule has 0 unspecified atom stereocenters. The minimum Gasteiger partial charge on any atom is -0.309 e. The van der Waals surface area contributed by atoms with Gasteiger partial charge < -0.3 is 4.57 Å². The van der Waals surface area contributed by atoms with E-state index in [2.05, 4.69) is 211 Å². The molecule has 0 radical (unpaired) electrons. The lowest BCUT2D eigenvalue weighted by molar-refractivity contribution is 0.891. The van der Waals surface area contributed by atoms with Crippen LogP contribution in [0.4, 0.5) is 0 Å². The summed E-state index contributed by atoms with van der Waals surface area (Å²) >= 11 is 0. The Labute approximate surface area is 371 Å². The second-order valence-corrected chi connectivity index (χ2v) is 16.2. The van der Waals surface area contributed by atoms with Gasteiger partial charge in [-0.15, -0.1) is 5.10 Å². The quantitative estimate of drug-likeness (QED) is 0.153.